The lowest BCUT2D eigenvalue weighted by Crippen LogP contribution is -2.38. The van der Waals surface area contributed by atoms with Gasteiger partial charge < -0.3 is 5.32 Å². The summed E-state index contributed by atoms with van der Waals surface area (Å²) in [5.41, 5.74) is 3.07. The Kier molecular flexibility index (Phi) is 11.8. The standard InChI is InChI=1S/C17H31N3.C7H5FO/c1-6-19(11-12-20(7-2)15(3)4)14-16-9-8-10-17(13-16)18-5;8-7-3-1-6(5-9)2-4-7/h8-10,13,15,18H,6-7,11-12,14H2,1-5H3;1-5H. The number of nitrogens with zero attached hydrogens (tertiary/aromatic N) is 2. The third kappa shape index (κ3) is 9.68. The number of likely N-dealkylation sites (N-methyl/N-ethyl adjacent to an activating group) is 2. The summed E-state index contributed by atoms with van der Waals surface area (Å²) in [5.74, 6) is -0.319. The molecule has 2 rings (SSSR count). The Morgan fingerprint density at radius 2 is 1.72 bits per heavy atom. The highest BCUT2D eigenvalue weighted by Crippen LogP contribution is 2.12. The Labute approximate surface area is 175 Å². The molecule has 0 aromatic heterocycles. The van der Waals surface area contributed by atoms with Crippen LogP contribution in [0.3, 0.4) is 0 Å². The van der Waals surface area contributed by atoms with Crippen LogP contribution in [-0.2, 0) is 6.54 Å². The highest BCUT2D eigenvalue weighted by Gasteiger charge is 2.10. The van der Waals surface area contributed by atoms with E-state index in [-0.39, 0.29) is 5.82 Å². The van der Waals surface area contributed by atoms with E-state index >= 15 is 0 Å². The van der Waals surface area contributed by atoms with Gasteiger partial charge in [0.2, 0.25) is 0 Å². The van der Waals surface area contributed by atoms with Crippen molar-refractivity contribution >= 4 is 12.0 Å². The van der Waals surface area contributed by atoms with Gasteiger partial charge in [-0.2, -0.15) is 0 Å². The molecule has 0 aliphatic heterocycles. The van der Waals surface area contributed by atoms with Crippen molar-refractivity contribution in [2.75, 3.05) is 38.5 Å². The van der Waals surface area contributed by atoms with Crippen LogP contribution in [0.15, 0.2) is 48.5 Å². The molecule has 4 nitrogen and oxygen atoms in total. The summed E-state index contributed by atoms with van der Waals surface area (Å²) in [6.07, 6.45) is 0.680. The number of anilines is 1. The van der Waals surface area contributed by atoms with Gasteiger partial charge >= 0.3 is 0 Å². The number of nitrogens with one attached hydrogen (secondary N) is 1. The Bertz CT molecular complexity index is 704. The van der Waals surface area contributed by atoms with Gasteiger partial charge in [-0.05, 0) is 68.9 Å². The second kappa shape index (κ2) is 13.9. The van der Waals surface area contributed by atoms with Crippen LogP contribution in [0.4, 0.5) is 10.1 Å². The third-order valence-corrected chi connectivity index (χ3v) is 4.92. The molecule has 0 unspecified atom stereocenters. The van der Waals surface area contributed by atoms with Crippen LogP contribution in [0.25, 0.3) is 0 Å². The average Bonchev–Trinajstić information content (AvgIpc) is 2.74. The number of aldehydes is 1. The number of halogens is 1. The molecule has 0 saturated heterocycles. The smallest absolute Gasteiger partial charge is 0.150 e. The molecule has 0 aliphatic rings. The van der Waals surface area contributed by atoms with Gasteiger partial charge in [0.05, 0.1) is 0 Å². The lowest BCUT2D eigenvalue weighted by atomic mass is 10.2. The van der Waals surface area contributed by atoms with Crippen LogP contribution in [-0.4, -0.2) is 55.4 Å². The Morgan fingerprint density at radius 1 is 1.03 bits per heavy atom. The minimum Gasteiger partial charge on any atom is -0.388 e. The fraction of sp³-hybridized carbons (Fsp3) is 0.458. The monoisotopic (exact) mass is 401 g/mol. The Balaban J connectivity index is 0.000000387. The molecule has 2 aromatic rings. The molecule has 0 aliphatic carbocycles. The van der Waals surface area contributed by atoms with Crippen molar-refractivity contribution in [2.45, 2.75) is 40.3 Å². The SMILES string of the molecule is CCN(CCN(CC)C(C)C)Cc1cccc(NC)c1.O=Cc1ccc(F)cc1. The topological polar surface area (TPSA) is 35.6 Å². The van der Waals surface area contributed by atoms with Crippen molar-refractivity contribution in [3.8, 4) is 0 Å². The fourth-order valence-electron chi connectivity index (χ4n) is 3.03. The predicted octanol–water partition coefficient (Wildman–Crippen LogP) is 4.92. The van der Waals surface area contributed by atoms with E-state index in [2.05, 4.69) is 67.1 Å². The number of rotatable bonds is 10. The predicted molar refractivity (Wildman–Crippen MR) is 121 cm³/mol. The molecule has 0 fully saturated rings. The lowest BCUT2D eigenvalue weighted by Gasteiger charge is -2.28. The van der Waals surface area contributed by atoms with Crippen LogP contribution in [0.2, 0.25) is 0 Å². The maximum atomic E-state index is 12.1. The van der Waals surface area contributed by atoms with E-state index in [9.17, 15) is 9.18 Å². The first-order valence-electron chi connectivity index (χ1n) is 10.4. The number of benzene rings is 2. The zero-order valence-corrected chi connectivity index (χ0v) is 18.5. The molecule has 0 spiro atoms. The molecule has 160 valence electrons. The second-order valence-electron chi connectivity index (χ2n) is 7.21. The van der Waals surface area contributed by atoms with Crippen molar-refractivity contribution in [3.63, 3.8) is 0 Å². The first-order valence-corrected chi connectivity index (χ1v) is 10.4. The molecular weight excluding hydrogens is 365 g/mol. The number of hydrogen-bond donors (Lipinski definition) is 1. The second-order valence-corrected chi connectivity index (χ2v) is 7.21. The van der Waals surface area contributed by atoms with Gasteiger partial charge in [0.15, 0.2) is 0 Å². The average molecular weight is 402 g/mol. The lowest BCUT2D eigenvalue weighted by molar-refractivity contribution is 0.112. The summed E-state index contributed by atoms with van der Waals surface area (Å²) in [7, 11) is 1.97. The first kappa shape index (κ1) is 24.8. The van der Waals surface area contributed by atoms with Crippen molar-refractivity contribution in [3.05, 3.63) is 65.5 Å². The van der Waals surface area contributed by atoms with Gasteiger partial charge in [-0.25, -0.2) is 4.39 Å². The zero-order valence-electron chi connectivity index (χ0n) is 18.5. The normalized spacial score (nSPS) is 10.8. The summed E-state index contributed by atoms with van der Waals surface area (Å²) < 4.78 is 12.1. The largest absolute Gasteiger partial charge is 0.388 e. The molecule has 1 N–H and O–H groups in total. The van der Waals surface area contributed by atoms with Gasteiger partial charge in [-0.1, -0.05) is 26.0 Å². The fourth-order valence-corrected chi connectivity index (χ4v) is 3.03. The summed E-state index contributed by atoms with van der Waals surface area (Å²) in [4.78, 5) is 15.0. The summed E-state index contributed by atoms with van der Waals surface area (Å²) in [6.45, 7) is 14.6. The summed E-state index contributed by atoms with van der Waals surface area (Å²) in [5, 5.41) is 3.21. The molecule has 5 heteroatoms. The van der Waals surface area contributed by atoms with E-state index < -0.39 is 0 Å². The maximum Gasteiger partial charge on any atom is 0.150 e. The van der Waals surface area contributed by atoms with Crippen LogP contribution < -0.4 is 5.32 Å². The zero-order chi connectivity index (χ0) is 21.6. The van der Waals surface area contributed by atoms with E-state index in [1.807, 2.05) is 7.05 Å². The van der Waals surface area contributed by atoms with Crippen LogP contribution in [0.1, 0.15) is 43.6 Å². The molecule has 0 bridgehead atoms. The highest BCUT2D eigenvalue weighted by atomic mass is 19.1. The summed E-state index contributed by atoms with van der Waals surface area (Å²) >= 11 is 0. The Morgan fingerprint density at radius 3 is 2.24 bits per heavy atom. The molecule has 2 aromatic carbocycles. The molecule has 0 saturated carbocycles. The molecule has 0 amide bonds. The van der Waals surface area contributed by atoms with Gasteiger partial charge in [0.1, 0.15) is 12.1 Å². The first-order chi connectivity index (χ1) is 13.9. The van der Waals surface area contributed by atoms with E-state index in [0.29, 0.717) is 17.9 Å². The van der Waals surface area contributed by atoms with Gasteiger partial charge in [0.25, 0.3) is 0 Å². The minimum absolute atomic E-state index is 0.319. The van der Waals surface area contributed by atoms with Crippen molar-refractivity contribution < 1.29 is 9.18 Å². The van der Waals surface area contributed by atoms with E-state index in [1.165, 1.54) is 35.5 Å². The summed E-state index contributed by atoms with van der Waals surface area (Å²) in [6, 6.07) is 14.7. The number of hydrogen-bond acceptors (Lipinski definition) is 4. The quantitative estimate of drug-likeness (QED) is 0.573. The number of carbonyl (C=O) groups excluding carboxylic acids is 1. The maximum absolute atomic E-state index is 12.1. The van der Waals surface area contributed by atoms with Crippen molar-refractivity contribution in [2.24, 2.45) is 0 Å². The van der Waals surface area contributed by atoms with Gasteiger partial charge in [-0.3, -0.25) is 14.6 Å². The minimum atomic E-state index is -0.319. The highest BCUT2D eigenvalue weighted by molar-refractivity contribution is 5.74. The van der Waals surface area contributed by atoms with Crippen molar-refractivity contribution in [1.82, 2.24) is 9.80 Å². The van der Waals surface area contributed by atoms with Gasteiger partial charge in [-0.15, -0.1) is 0 Å². The van der Waals surface area contributed by atoms with E-state index in [0.717, 1.165) is 32.7 Å². The van der Waals surface area contributed by atoms with Crippen LogP contribution >= 0.6 is 0 Å². The van der Waals surface area contributed by atoms with Crippen molar-refractivity contribution in [1.29, 1.82) is 0 Å². The van der Waals surface area contributed by atoms with E-state index in [4.69, 9.17) is 0 Å². The Hall–Kier alpha value is -2.24. The molecule has 0 atom stereocenters. The van der Waals surface area contributed by atoms with E-state index in [1.54, 1.807) is 0 Å². The molecule has 29 heavy (non-hydrogen) atoms. The third-order valence-electron chi connectivity index (χ3n) is 4.92. The van der Waals surface area contributed by atoms with Gasteiger partial charge in [0, 0.05) is 44.0 Å². The molecular formula is C24H36FN3O. The molecule has 0 radical (unpaired) electrons. The van der Waals surface area contributed by atoms with Crippen LogP contribution in [0.5, 0.6) is 0 Å². The number of carbonyl (C=O) groups is 1. The molecule has 0 heterocycles. The van der Waals surface area contributed by atoms with Crippen LogP contribution in [0, 0.1) is 5.82 Å².